The number of nitro groups is 1. The van der Waals surface area contributed by atoms with Crippen molar-refractivity contribution in [1.82, 2.24) is 0 Å². The summed E-state index contributed by atoms with van der Waals surface area (Å²) >= 11 is 0. The molecule has 0 spiro atoms. The summed E-state index contributed by atoms with van der Waals surface area (Å²) < 4.78 is 0. The van der Waals surface area contributed by atoms with Gasteiger partial charge in [0.2, 0.25) is 0 Å². The average Bonchev–Trinajstić information content (AvgIpc) is 2.26. The van der Waals surface area contributed by atoms with Crippen molar-refractivity contribution in [2.75, 3.05) is 0 Å². The van der Waals surface area contributed by atoms with E-state index in [1.54, 1.807) is 12.1 Å². The maximum atomic E-state index is 11.1. The highest BCUT2D eigenvalue weighted by molar-refractivity contribution is 5.91. The Kier molecular flexibility index (Phi) is 2.62. The topological polar surface area (TPSA) is 43.1 Å². The zero-order chi connectivity index (χ0) is 12.6. The Bertz CT molecular complexity index is 582. The first kappa shape index (κ1) is 11.6. The van der Waals surface area contributed by atoms with Gasteiger partial charge >= 0.3 is 0 Å². The highest BCUT2D eigenvalue weighted by Gasteiger charge is 2.20. The highest BCUT2D eigenvalue weighted by Crippen LogP contribution is 2.32. The van der Waals surface area contributed by atoms with Crippen LogP contribution >= 0.6 is 0 Å². The van der Waals surface area contributed by atoms with Gasteiger partial charge in [0.1, 0.15) is 0 Å². The van der Waals surface area contributed by atoms with E-state index in [4.69, 9.17) is 0 Å². The van der Waals surface area contributed by atoms with Gasteiger partial charge in [0.25, 0.3) is 5.69 Å². The van der Waals surface area contributed by atoms with Crippen molar-refractivity contribution in [3.63, 3.8) is 0 Å². The van der Waals surface area contributed by atoms with E-state index in [0.717, 1.165) is 10.9 Å². The van der Waals surface area contributed by atoms with Crippen LogP contribution in [0.5, 0.6) is 0 Å². The largest absolute Gasteiger partial charge is 0.277 e. The number of rotatable bonds is 1. The Morgan fingerprint density at radius 1 is 1.12 bits per heavy atom. The lowest BCUT2D eigenvalue weighted by molar-refractivity contribution is -0.383. The summed E-state index contributed by atoms with van der Waals surface area (Å²) in [6.45, 7) is 6.17. The predicted octanol–water partition coefficient (Wildman–Crippen LogP) is 4.05. The second-order valence-corrected chi connectivity index (χ2v) is 5.22. The van der Waals surface area contributed by atoms with Gasteiger partial charge in [0, 0.05) is 6.07 Å². The molecular formula is C14H15NO2. The van der Waals surface area contributed by atoms with E-state index in [0.29, 0.717) is 5.39 Å². The minimum absolute atomic E-state index is 0.0885. The molecule has 0 aliphatic heterocycles. The summed E-state index contributed by atoms with van der Waals surface area (Å²) in [5.41, 5.74) is 1.09. The first-order valence-electron chi connectivity index (χ1n) is 5.57. The van der Waals surface area contributed by atoms with Crippen molar-refractivity contribution in [1.29, 1.82) is 0 Å². The molecule has 3 heteroatoms. The molecule has 0 bridgehead atoms. The zero-order valence-corrected chi connectivity index (χ0v) is 10.2. The average molecular weight is 229 g/mol. The van der Waals surface area contributed by atoms with Crippen LogP contribution in [-0.4, -0.2) is 4.92 Å². The molecule has 2 aromatic carbocycles. The smallest absolute Gasteiger partial charge is 0.258 e. The van der Waals surface area contributed by atoms with Gasteiger partial charge in [-0.05, 0) is 22.4 Å². The molecule has 0 saturated heterocycles. The fraction of sp³-hybridized carbons (Fsp3) is 0.286. The standard InChI is InChI=1S/C14H15NO2/c1-14(2,3)11-8-10-6-4-5-7-12(10)13(9-11)15(16)17/h4-9H,1-3H3. The van der Waals surface area contributed by atoms with Gasteiger partial charge in [-0.15, -0.1) is 0 Å². The van der Waals surface area contributed by atoms with Crippen molar-refractivity contribution < 1.29 is 4.92 Å². The summed E-state index contributed by atoms with van der Waals surface area (Å²) in [6.07, 6.45) is 0. The van der Waals surface area contributed by atoms with Gasteiger partial charge in [-0.2, -0.15) is 0 Å². The summed E-state index contributed by atoms with van der Waals surface area (Å²) in [6, 6.07) is 11.1. The fourth-order valence-electron chi connectivity index (χ4n) is 1.87. The maximum absolute atomic E-state index is 11.1. The minimum Gasteiger partial charge on any atom is -0.258 e. The summed E-state index contributed by atoms with van der Waals surface area (Å²) in [5.74, 6) is 0. The number of non-ortho nitro benzene ring substituents is 1. The lowest BCUT2D eigenvalue weighted by Gasteiger charge is -2.19. The molecule has 2 rings (SSSR count). The quantitative estimate of drug-likeness (QED) is 0.547. The van der Waals surface area contributed by atoms with Gasteiger partial charge in [-0.1, -0.05) is 45.0 Å². The van der Waals surface area contributed by atoms with Gasteiger partial charge in [0.15, 0.2) is 0 Å². The van der Waals surface area contributed by atoms with E-state index >= 15 is 0 Å². The molecule has 0 saturated carbocycles. The molecule has 0 aliphatic carbocycles. The van der Waals surface area contributed by atoms with Gasteiger partial charge < -0.3 is 0 Å². The maximum Gasteiger partial charge on any atom is 0.277 e. The van der Waals surface area contributed by atoms with Crippen LogP contribution in [-0.2, 0) is 5.41 Å². The molecular weight excluding hydrogens is 214 g/mol. The van der Waals surface area contributed by atoms with E-state index in [1.165, 1.54) is 0 Å². The number of hydrogen-bond donors (Lipinski definition) is 0. The summed E-state index contributed by atoms with van der Waals surface area (Å²) in [5, 5.41) is 12.7. The number of fused-ring (bicyclic) bond motifs is 1. The SMILES string of the molecule is CC(C)(C)c1cc([N+](=O)[O-])c2ccccc2c1. The van der Waals surface area contributed by atoms with Crippen LogP contribution in [0.2, 0.25) is 0 Å². The molecule has 0 aromatic heterocycles. The molecule has 0 aliphatic rings. The third-order valence-electron chi connectivity index (χ3n) is 2.90. The number of nitrogens with zero attached hydrogens (tertiary/aromatic N) is 1. The minimum atomic E-state index is -0.308. The van der Waals surface area contributed by atoms with Crippen LogP contribution in [0.15, 0.2) is 36.4 Å². The number of benzene rings is 2. The first-order valence-corrected chi connectivity index (χ1v) is 5.57. The van der Waals surface area contributed by atoms with E-state index < -0.39 is 0 Å². The van der Waals surface area contributed by atoms with Gasteiger partial charge in [-0.3, -0.25) is 10.1 Å². The molecule has 88 valence electrons. The Balaban J connectivity index is 2.81. The Labute approximate surface area is 100 Å². The van der Waals surface area contributed by atoms with Crippen molar-refractivity contribution >= 4 is 16.5 Å². The summed E-state index contributed by atoms with van der Waals surface area (Å²) in [4.78, 5) is 10.8. The van der Waals surface area contributed by atoms with Gasteiger partial charge in [0.05, 0.1) is 10.3 Å². The molecule has 0 heterocycles. The molecule has 3 nitrogen and oxygen atoms in total. The van der Waals surface area contributed by atoms with Crippen LogP contribution < -0.4 is 0 Å². The molecule has 17 heavy (non-hydrogen) atoms. The zero-order valence-electron chi connectivity index (χ0n) is 10.2. The van der Waals surface area contributed by atoms with Crippen LogP contribution in [0, 0.1) is 10.1 Å². The monoisotopic (exact) mass is 229 g/mol. The van der Waals surface area contributed by atoms with Crippen molar-refractivity contribution in [3.8, 4) is 0 Å². The van der Waals surface area contributed by atoms with Crippen LogP contribution in [0.1, 0.15) is 26.3 Å². The number of hydrogen-bond acceptors (Lipinski definition) is 2. The second-order valence-electron chi connectivity index (χ2n) is 5.22. The van der Waals surface area contributed by atoms with E-state index in [-0.39, 0.29) is 16.0 Å². The third kappa shape index (κ3) is 2.13. The summed E-state index contributed by atoms with van der Waals surface area (Å²) in [7, 11) is 0. The molecule has 0 atom stereocenters. The lowest BCUT2D eigenvalue weighted by atomic mass is 9.85. The van der Waals surface area contributed by atoms with Crippen molar-refractivity contribution in [2.24, 2.45) is 0 Å². The van der Waals surface area contributed by atoms with E-state index in [9.17, 15) is 10.1 Å². The molecule has 0 fully saturated rings. The Hall–Kier alpha value is -1.90. The lowest BCUT2D eigenvalue weighted by Crippen LogP contribution is -2.11. The highest BCUT2D eigenvalue weighted by atomic mass is 16.6. The van der Waals surface area contributed by atoms with Crippen LogP contribution in [0.25, 0.3) is 10.8 Å². The molecule has 2 aromatic rings. The Morgan fingerprint density at radius 3 is 2.35 bits per heavy atom. The molecule has 0 amide bonds. The number of nitro benzene ring substituents is 1. The second kappa shape index (κ2) is 3.84. The normalized spacial score (nSPS) is 11.7. The molecule has 0 N–H and O–H groups in total. The van der Waals surface area contributed by atoms with Gasteiger partial charge in [-0.25, -0.2) is 0 Å². The molecule has 0 radical (unpaired) electrons. The van der Waals surface area contributed by atoms with Crippen molar-refractivity contribution in [3.05, 3.63) is 52.1 Å². The fourth-order valence-corrected chi connectivity index (χ4v) is 1.87. The third-order valence-corrected chi connectivity index (χ3v) is 2.90. The Morgan fingerprint density at radius 2 is 1.76 bits per heavy atom. The van der Waals surface area contributed by atoms with E-state index in [2.05, 4.69) is 20.8 Å². The van der Waals surface area contributed by atoms with Crippen molar-refractivity contribution in [2.45, 2.75) is 26.2 Å². The predicted molar refractivity (Wildman–Crippen MR) is 69.3 cm³/mol. The van der Waals surface area contributed by atoms with Crippen LogP contribution in [0.4, 0.5) is 5.69 Å². The van der Waals surface area contributed by atoms with E-state index in [1.807, 2.05) is 24.3 Å². The van der Waals surface area contributed by atoms with Crippen LogP contribution in [0.3, 0.4) is 0 Å². The molecule has 0 unspecified atom stereocenters. The first-order chi connectivity index (χ1) is 7.89.